The van der Waals surface area contributed by atoms with Crippen molar-refractivity contribution in [3.63, 3.8) is 0 Å². The Balaban J connectivity index is 2.15. The van der Waals surface area contributed by atoms with Gasteiger partial charge in [0, 0.05) is 17.0 Å². The van der Waals surface area contributed by atoms with Gasteiger partial charge in [0.25, 0.3) is 0 Å². The summed E-state index contributed by atoms with van der Waals surface area (Å²) in [4.78, 5) is 26.6. The molecule has 0 unspecified atom stereocenters. The number of phenols is 1. The summed E-state index contributed by atoms with van der Waals surface area (Å²) < 4.78 is 1.58. The number of carboxylic acids is 1. The molecule has 3 rings (SSSR count). The molecule has 0 aliphatic carbocycles. The Morgan fingerprint density at radius 1 is 1.28 bits per heavy atom. The van der Waals surface area contributed by atoms with Gasteiger partial charge in [0.1, 0.15) is 5.75 Å². The van der Waals surface area contributed by atoms with Gasteiger partial charge in [-0.25, -0.2) is 0 Å². The summed E-state index contributed by atoms with van der Waals surface area (Å²) in [6.07, 6.45) is 1.29. The summed E-state index contributed by atoms with van der Waals surface area (Å²) in [5.74, 6) is -1.26. The van der Waals surface area contributed by atoms with E-state index in [2.05, 4.69) is 4.90 Å². The number of phenolic OH excluding ortho intramolecular Hbond substituents is 1. The third kappa shape index (κ3) is 3.12. The quantitative estimate of drug-likeness (QED) is 0.875. The van der Waals surface area contributed by atoms with Crippen LogP contribution in [-0.4, -0.2) is 51.7 Å². The summed E-state index contributed by atoms with van der Waals surface area (Å²) >= 11 is 6.24. The van der Waals surface area contributed by atoms with E-state index in [0.717, 1.165) is 25.9 Å². The molecule has 0 atom stereocenters. The average Bonchev–Trinajstić information content (AvgIpc) is 2.83. The number of fused-ring (bicyclic) bond motifs is 1. The SMILES string of the molecule is Cc1c(CC(=O)O)c2c(Cl)c(O)ccc2n1C(=O)C1CCN(C)CC1. The molecule has 1 aliphatic rings. The van der Waals surface area contributed by atoms with Gasteiger partial charge in [-0.2, -0.15) is 0 Å². The number of rotatable bonds is 3. The lowest BCUT2D eigenvalue weighted by molar-refractivity contribution is -0.136. The van der Waals surface area contributed by atoms with Gasteiger partial charge in [-0.1, -0.05) is 11.6 Å². The minimum atomic E-state index is -1.01. The van der Waals surface area contributed by atoms with Crippen LogP contribution in [0.2, 0.25) is 5.02 Å². The molecule has 1 saturated heterocycles. The number of hydrogen-bond donors (Lipinski definition) is 2. The molecule has 2 aromatic rings. The number of benzene rings is 1. The third-order valence-corrected chi connectivity index (χ3v) is 5.41. The summed E-state index contributed by atoms with van der Waals surface area (Å²) in [6, 6.07) is 3.06. The van der Waals surface area contributed by atoms with Crippen molar-refractivity contribution in [2.45, 2.75) is 26.2 Å². The van der Waals surface area contributed by atoms with Crippen LogP contribution in [0.15, 0.2) is 12.1 Å². The normalized spacial score (nSPS) is 16.4. The average molecular weight is 365 g/mol. The zero-order valence-corrected chi connectivity index (χ0v) is 15.0. The van der Waals surface area contributed by atoms with E-state index in [-0.39, 0.29) is 29.0 Å². The first-order chi connectivity index (χ1) is 11.8. The topological polar surface area (TPSA) is 82.8 Å². The van der Waals surface area contributed by atoms with E-state index in [4.69, 9.17) is 11.6 Å². The van der Waals surface area contributed by atoms with Crippen molar-refractivity contribution in [1.82, 2.24) is 9.47 Å². The first-order valence-electron chi connectivity index (χ1n) is 8.27. The van der Waals surface area contributed by atoms with E-state index in [9.17, 15) is 19.8 Å². The van der Waals surface area contributed by atoms with Crippen molar-refractivity contribution >= 4 is 34.4 Å². The number of piperidine rings is 1. The van der Waals surface area contributed by atoms with Crippen LogP contribution in [0.25, 0.3) is 10.9 Å². The Morgan fingerprint density at radius 3 is 2.52 bits per heavy atom. The van der Waals surface area contributed by atoms with Gasteiger partial charge in [0.15, 0.2) is 0 Å². The van der Waals surface area contributed by atoms with E-state index in [1.54, 1.807) is 17.6 Å². The first kappa shape index (κ1) is 17.8. The minimum absolute atomic E-state index is 0.0333. The molecule has 1 fully saturated rings. The number of aliphatic carboxylic acids is 1. The number of nitrogens with zero attached hydrogens (tertiary/aromatic N) is 2. The molecule has 0 spiro atoms. The molecule has 1 aromatic heterocycles. The Hall–Kier alpha value is -2.05. The second kappa shape index (κ2) is 6.69. The molecule has 0 radical (unpaired) electrons. The maximum absolute atomic E-state index is 13.1. The van der Waals surface area contributed by atoms with Gasteiger partial charge in [-0.15, -0.1) is 0 Å². The standard InChI is InChI=1S/C18H21ClN2O4/c1-10-12(9-15(23)24)16-13(3-4-14(22)17(16)19)21(10)18(25)11-5-7-20(2)8-6-11/h3-4,11,22H,5-9H2,1-2H3,(H,23,24). The van der Waals surface area contributed by atoms with Crippen molar-refractivity contribution in [3.8, 4) is 5.75 Å². The van der Waals surface area contributed by atoms with Crippen molar-refractivity contribution in [2.75, 3.05) is 20.1 Å². The second-order valence-corrected chi connectivity index (χ2v) is 7.06. The Morgan fingerprint density at radius 2 is 1.92 bits per heavy atom. The monoisotopic (exact) mass is 364 g/mol. The van der Waals surface area contributed by atoms with Crippen molar-refractivity contribution < 1.29 is 19.8 Å². The molecule has 7 heteroatoms. The fourth-order valence-corrected chi connectivity index (χ4v) is 3.89. The van der Waals surface area contributed by atoms with E-state index in [1.807, 2.05) is 7.05 Å². The largest absolute Gasteiger partial charge is 0.506 e. The third-order valence-electron chi connectivity index (χ3n) is 5.03. The molecule has 1 aliphatic heterocycles. The van der Waals surface area contributed by atoms with E-state index >= 15 is 0 Å². The number of likely N-dealkylation sites (tertiary alicyclic amines) is 1. The molecule has 0 saturated carbocycles. The Labute approximate surface area is 150 Å². The molecule has 134 valence electrons. The molecule has 25 heavy (non-hydrogen) atoms. The van der Waals surface area contributed by atoms with Gasteiger partial charge in [-0.3, -0.25) is 14.2 Å². The molecule has 0 amide bonds. The van der Waals surface area contributed by atoms with Crippen LogP contribution in [-0.2, 0) is 11.2 Å². The predicted molar refractivity (Wildman–Crippen MR) is 95.5 cm³/mol. The number of aromatic nitrogens is 1. The van der Waals surface area contributed by atoms with Gasteiger partial charge in [-0.05, 0) is 57.6 Å². The fourth-order valence-electron chi connectivity index (χ4n) is 3.61. The maximum Gasteiger partial charge on any atom is 0.307 e. The van der Waals surface area contributed by atoms with Crippen LogP contribution < -0.4 is 0 Å². The maximum atomic E-state index is 13.1. The summed E-state index contributed by atoms with van der Waals surface area (Å²) in [5.41, 5.74) is 1.61. The number of carboxylic acid groups (broad SMARTS) is 1. The lowest BCUT2D eigenvalue weighted by Crippen LogP contribution is -2.35. The molecular weight excluding hydrogens is 344 g/mol. The Bertz CT molecular complexity index is 851. The molecule has 6 nitrogen and oxygen atoms in total. The molecule has 0 bridgehead atoms. The van der Waals surface area contributed by atoms with Crippen LogP contribution in [0.4, 0.5) is 0 Å². The van der Waals surface area contributed by atoms with Gasteiger partial charge >= 0.3 is 5.97 Å². The highest BCUT2D eigenvalue weighted by molar-refractivity contribution is 6.37. The Kier molecular flexibility index (Phi) is 4.75. The lowest BCUT2D eigenvalue weighted by Gasteiger charge is -2.28. The summed E-state index contributed by atoms with van der Waals surface area (Å²) in [6.45, 7) is 3.45. The van der Waals surface area contributed by atoms with Gasteiger partial charge in [0.2, 0.25) is 5.91 Å². The number of aromatic hydroxyl groups is 1. The number of halogens is 1. The van der Waals surface area contributed by atoms with E-state index < -0.39 is 5.97 Å². The molecular formula is C18H21ClN2O4. The zero-order valence-electron chi connectivity index (χ0n) is 14.3. The highest BCUT2D eigenvalue weighted by atomic mass is 35.5. The van der Waals surface area contributed by atoms with Crippen LogP contribution in [0.3, 0.4) is 0 Å². The smallest absolute Gasteiger partial charge is 0.307 e. The van der Waals surface area contributed by atoms with Crippen molar-refractivity contribution in [1.29, 1.82) is 0 Å². The van der Waals surface area contributed by atoms with Crippen LogP contribution in [0, 0.1) is 12.8 Å². The van der Waals surface area contributed by atoms with Gasteiger partial charge in [0.05, 0.1) is 17.0 Å². The van der Waals surface area contributed by atoms with Crippen molar-refractivity contribution in [3.05, 3.63) is 28.4 Å². The number of hydrogen-bond acceptors (Lipinski definition) is 4. The summed E-state index contributed by atoms with van der Waals surface area (Å²) in [7, 11) is 2.03. The lowest BCUT2D eigenvalue weighted by atomic mass is 9.96. The van der Waals surface area contributed by atoms with Crippen LogP contribution >= 0.6 is 11.6 Å². The zero-order chi connectivity index (χ0) is 18.3. The second-order valence-electron chi connectivity index (χ2n) is 6.68. The predicted octanol–water partition coefficient (Wildman–Crippen LogP) is 2.92. The van der Waals surface area contributed by atoms with E-state index in [0.29, 0.717) is 22.2 Å². The van der Waals surface area contributed by atoms with Crippen molar-refractivity contribution in [2.24, 2.45) is 5.92 Å². The summed E-state index contributed by atoms with van der Waals surface area (Å²) in [5, 5.41) is 19.7. The molecule has 2 heterocycles. The molecule has 1 aromatic carbocycles. The highest BCUT2D eigenvalue weighted by Crippen LogP contribution is 2.38. The fraction of sp³-hybridized carbons (Fsp3) is 0.444. The number of carbonyl (C=O) groups excluding carboxylic acids is 1. The van der Waals surface area contributed by atoms with Crippen LogP contribution in [0.5, 0.6) is 5.75 Å². The van der Waals surface area contributed by atoms with Crippen LogP contribution in [0.1, 0.15) is 28.9 Å². The van der Waals surface area contributed by atoms with E-state index in [1.165, 1.54) is 6.07 Å². The molecule has 2 N–H and O–H groups in total. The first-order valence-corrected chi connectivity index (χ1v) is 8.65. The highest BCUT2D eigenvalue weighted by Gasteiger charge is 2.29. The van der Waals surface area contributed by atoms with Gasteiger partial charge < -0.3 is 15.1 Å². The number of carbonyl (C=O) groups is 2. The minimum Gasteiger partial charge on any atom is -0.506 e.